The summed E-state index contributed by atoms with van der Waals surface area (Å²) in [7, 11) is 0. The van der Waals surface area contributed by atoms with Crippen LogP contribution in [0.2, 0.25) is 0 Å². The molecule has 0 aliphatic carbocycles. The number of hydrogen-bond acceptors (Lipinski definition) is 3. The smallest absolute Gasteiger partial charge is 0.0695 e. The molecule has 4 aromatic rings. The lowest BCUT2D eigenvalue weighted by Crippen LogP contribution is -2.47. The number of aryl methyl sites for hydroxylation is 1. The minimum absolute atomic E-state index is 0.302. The van der Waals surface area contributed by atoms with E-state index in [0.717, 1.165) is 38.4 Å². The number of piperazine rings is 1. The molecule has 0 amide bonds. The van der Waals surface area contributed by atoms with E-state index >= 15 is 0 Å². The van der Waals surface area contributed by atoms with Crippen molar-refractivity contribution in [3.8, 4) is 11.3 Å². The van der Waals surface area contributed by atoms with Crippen LogP contribution < -0.4 is 0 Å². The van der Waals surface area contributed by atoms with Crippen molar-refractivity contribution in [3.63, 3.8) is 0 Å². The summed E-state index contributed by atoms with van der Waals surface area (Å²) < 4.78 is 0. The van der Waals surface area contributed by atoms with E-state index in [1.807, 2.05) is 6.20 Å². The summed E-state index contributed by atoms with van der Waals surface area (Å²) in [6, 6.07) is 30.8. The highest BCUT2D eigenvalue weighted by Gasteiger charge is 2.26. The van der Waals surface area contributed by atoms with E-state index in [1.165, 1.54) is 27.8 Å². The molecule has 1 aliphatic heterocycles. The molecule has 1 aliphatic rings. The minimum atomic E-state index is 0.302. The zero-order valence-corrected chi connectivity index (χ0v) is 18.6. The summed E-state index contributed by atoms with van der Waals surface area (Å²) >= 11 is 0. The normalized spacial score (nSPS) is 15.3. The Hall–Kier alpha value is -3.21. The Morgan fingerprint density at radius 3 is 1.97 bits per heavy atom. The fourth-order valence-electron chi connectivity index (χ4n) is 4.71. The van der Waals surface area contributed by atoms with Gasteiger partial charge in [-0.3, -0.25) is 14.9 Å². The topological polar surface area (TPSA) is 35.2 Å². The molecule has 1 N–H and O–H groups in total. The molecule has 1 fully saturated rings. The Labute approximate surface area is 190 Å². The van der Waals surface area contributed by atoms with Crippen molar-refractivity contribution in [1.82, 2.24) is 20.0 Å². The Kier molecular flexibility index (Phi) is 6.15. The standard InChI is InChI=1S/C28H30N4/c1-22-12-14-23(15-13-22)27-26(20-29-30-27)21-31-16-18-32(19-17-31)28(24-8-4-2-5-9-24)25-10-6-3-7-11-25/h2-15,20,28H,16-19,21H2,1H3,(H,29,30). The first kappa shape index (κ1) is 20.7. The summed E-state index contributed by atoms with van der Waals surface area (Å²) in [5.74, 6) is 0. The summed E-state index contributed by atoms with van der Waals surface area (Å²) in [4.78, 5) is 5.17. The predicted molar refractivity (Wildman–Crippen MR) is 130 cm³/mol. The molecule has 162 valence electrons. The van der Waals surface area contributed by atoms with E-state index in [4.69, 9.17) is 0 Å². The molecule has 0 spiro atoms. The van der Waals surface area contributed by atoms with Gasteiger partial charge in [0.15, 0.2) is 0 Å². The van der Waals surface area contributed by atoms with Gasteiger partial charge in [0, 0.05) is 38.3 Å². The second kappa shape index (κ2) is 9.51. The lowest BCUT2D eigenvalue weighted by molar-refractivity contribution is 0.105. The molecule has 1 saturated heterocycles. The van der Waals surface area contributed by atoms with Crippen LogP contribution in [0.3, 0.4) is 0 Å². The van der Waals surface area contributed by atoms with Crippen LogP contribution in [0.15, 0.2) is 91.1 Å². The van der Waals surface area contributed by atoms with Gasteiger partial charge in [-0.2, -0.15) is 5.10 Å². The molecule has 32 heavy (non-hydrogen) atoms. The van der Waals surface area contributed by atoms with Gasteiger partial charge in [-0.25, -0.2) is 0 Å². The van der Waals surface area contributed by atoms with Gasteiger partial charge in [0.2, 0.25) is 0 Å². The van der Waals surface area contributed by atoms with E-state index in [1.54, 1.807) is 0 Å². The first-order valence-corrected chi connectivity index (χ1v) is 11.4. The zero-order chi connectivity index (χ0) is 21.8. The third-order valence-electron chi connectivity index (χ3n) is 6.45. The molecule has 5 rings (SSSR count). The highest BCUT2D eigenvalue weighted by molar-refractivity contribution is 5.62. The Bertz CT molecular complexity index is 1070. The summed E-state index contributed by atoms with van der Waals surface area (Å²) in [5.41, 5.74) is 7.61. The minimum Gasteiger partial charge on any atom is -0.296 e. The van der Waals surface area contributed by atoms with Crippen molar-refractivity contribution in [2.75, 3.05) is 26.2 Å². The molecule has 1 aromatic heterocycles. The number of hydrogen-bond donors (Lipinski definition) is 1. The van der Waals surface area contributed by atoms with Gasteiger partial charge in [-0.1, -0.05) is 90.5 Å². The number of benzene rings is 3. The Morgan fingerprint density at radius 1 is 0.781 bits per heavy atom. The molecule has 2 heterocycles. The Morgan fingerprint density at radius 2 is 1.38 bits per heavy atom. The lowest BCUT2D eigenvalue weighted by Gasteiger charge is -2.39. The molecule has 3 aromatic carbocycles. The van der Waals surface area contributed by atoms with Gasteiger partial charge in [0.1, 0.15) is 0 Å². The van der Waals surface area contributed by atoms with Crippen molar-refractivity contribution in [2.24, 2.45) is 0 Å². The third kappa shape index (κ3) is 4.52. The molecule has 0 saturated carbocycles. The van der Waals surface area contributed by atoms with E-state index in [2.05, 4.69) is 112 Å². The zero-order valence-electron chi connectivity index (χ0n) is 18.6. The number of rotatable bonds is 6. The number of nitrogens with zero attached hydrogens (tertiary/aromatic N) is 3. The fourth-order valence-corrected chi connectivity index (χ4v) is 4.71. The lowest BCUT2D eigenvalue weighted by atomic mass is 9.96. The summed E-state index contributed by atoms with van der Waals surface area (Å²) in [6.07, 6.45) is 1.98. The maximum atomic E-state index is 4.35. The number of aromatic nitrogens is 2. The third-order valence-corrected chi connectivity index (χ3v) is 6.45. The average molecular weight is 423 g/mol. The number of nitrogens with one attached hydrogen (secondary N) is 1. The maximum Gasteiger partial charge on any atom is 0.0695 e. The van der Waals surface area contributed by atoms with Gasteiger partial charge < -0.3 is 0 Å². The van der Waals surface area contributed by atoms with Gasteiger partial charge in [-0.05, 0) is 23.6 Å². The molecular formula is C28H30N4. The van der Waals surface area contributed by atoms with Gasteiger partial charge >= 0.3 is 0 Å². The second-order valence-electron chi connectivity index (χ2n) is 8.67. The van der Waals surface area contributed by atoms with E-state index in [0.29, 0.717) is 6.04 Å². The highest BCUT2D eigenvalue weighted by atomic mass is 15.3. The molecule has 0 unspecified atom stereocenters. The molecule has 0 atom stereocenters. The van der Waals surface area contributed by atoms with Crippen molar-refractivity contribution >= 4 is 0 Å². The first-order chi connectivity index (χ1) is 15.8. The maximum absolute atomic E-state index is 4.35. The number of H-pyrrole nitrogens is 1. The van der Waals surface area contributed by atoms with Gasteiger partial charge in [-0.15, -0.1) is 0 Å². The van der Waals surface area contributed by atoms with E-state index in [-0.39, 0.29) is 0 Å². The van der Waals surface area contributed by atoms with E-state index < -0.39 is 0 Å². The summed E-state index contributed by atoms with van der Waals surface area (Å²) in [5, 5.41) is 7.56. The number of aromatic amines is 1. The van der Waals surface area contributed by atoms with Crippen LogP contribution in [0.1, 0.15) is 28.3 Å². The van der Waals surface area contributed by atoms with Crippen LogP contribution >= 0.6 is 0 Å². The van der Waals surface area contributed by atoms with Crippen molar-refractivity contribution in [1.29, 1.82) is 0 Å². The highest BCUT2D eigenvalue weighted by Crippen LogP contribution is 2.30. The van der Waals surface area contributed by atoms with Crippen LogP contribution in [0.4, 0.5) is 0 Å². The molecule has 0 radical (unpaired) electrons. The van der Waals surface area contributed by atoms with Crippen LogP contribution in [0.5, 0.6) is 0 Å². The van der Waals surface area contributed by atoms with Crippen LogP contribution in [-0.4, -0.2) is 46.2 Å². The van der Waals surface area contributed by atoms with Gasteiger partial charge in [0.05, 0.1) is 17.9 Å². The molecule has 0 bridgehead atoms. The van der Waals surface area contributed by atoms with Gasteiger partial charge in [0.25, 0.3) is 0 Å². The largest absolute Gasteiger partial charge is 0.296 e. The monoisotopic (exact) mass is 422 g/mol. The Balaban J connectivity index is 1.29. The first-order valence-electron chi connectivity index (χ1n) is 11.4. The van der Waals surface area contributed by atoms with E-state index in [9.17, 15) is 0 Å². The van der Waals surface area contributed by atoms with Crippen LogP contribution in [-0.2, 0) is 6.54 Å². The fraction of sp³-hybridized carbons (Fsp3) is 0.250. The quantitative estimate of drug-likeness (QED) is 0.458. The van der Waals surface area contributed by atoms with Crippen LogP contribution in [0, 0.1) is 6.92 Å². The molecule has 4 heteroatoms. The SMILES string of the molecule is Cc1ccc(-c2[nH]ncc2CN2CCN(C(c3ccccc3)c3ccccc3)CC2)cc1. The predicted octanol–water partition coefficient (Wildman–Crippen LogP) is 5.29. The van der Waals surface area contributed by atoms with Crippen molar-refractivity contribution < 1.29 is 0 Å². The molecular weight excluding hydrogens is 392 g/mol. The van der Waals surface area contributed by atoms with Crippen LogP contribution in [0.25, 0.3) is 11.3 Å². The average Bonchev–Trinajstić information content (AvgIpc) is 3.30. The van der Waals surface area contributed by atoms with Crippen molar-refractivity contribution in [2.45, 2.75) is 19.5 Å². The van der Waals surface area contributed by atoms with Crippen molar-refractivity contribution in [3.05, 3.63) is 113 Å². The summed E-state index contributed by atoms with van der Waals surface area (Å²) in [6.45, 7) is 7.24. The molecule has 4 nitrogen and oxygen atoms in total. The second-order valence-corrected chi connectivity index (χ2v) is 8.67.